The molecule has 1 saturated heterocycles. The number of benzene rings is 1. The van der Waals surface area contributed by atoms with Gasteiger partial charge in [0.2, 0.25) is 0 Å². The molecule has 1 fully saturated rings. The summed E-state index contributed by atoms with van der Waals surface area (Å²) in [6, 6.07) is 9.30. The first-order valence-corrected chi connectivity index (χ1v) is 9.08. The van der Waals surface area contributed by atoms with Gasteiger partial charge in [-0.1, -0.05) is 12.1 Å². The van der Waals surface area contributed by atoms with Gasteiger partial charge in [0.1, 0.15) is 5.69 Å². The van der Waals surface area contributed by atoms with Crippen LogP contribution in [0.5, 0.6) is 0 Å². The molecule has 1 atom stereocenters. The first-order chi connectivity index (χ1) is 12.7. The van der Waals surface area contributed by atoms with Crippen LogP contribution in [0, 0.1) is 0 Å². The number of carbonyl (C=O) groups excluding carboxylic acids is 2. The highest BCUT2D eigenvalue weighted by Crippen LogP contribution is 2.15. The SMILES string of the molecule is CCNC(=O)c1cccc(CNC(=O)c2ccn(C3CCCNC3)n2)c1.Cl. The van der Waals surface area contributed by atoms with Crippen LogP contribution in [-0.4, -0.2) is 41.2 Å². The van der Waals surface area contributed by atoms with Gasteiger partial charge in [0, 0.05) is 31.4 Å². The maximum Gasteiger partial charge on any atom is 0.272 e. The third-order valence-corrected chi connectivity index (χ3v) is 4.47. The maximum atomic E-state index is 12.4. The van der Waals surface area contributed by atoms with Gasteiger partial charge in [-0.25, -0.2) is 0 Å². The molecule has 0 saturated carbocycles. The van der Waals surface area contributed by atoms with Gasteiger partial charge >= 0.3 is 0 Å². The van der Waals surface area contributed by atoms with Gasteiger partial charge in [-0.2, -0.15) is 5.10 Å². The minimum atomic E-state index is -0.212. The van der Waals surface area contributed by atoms with E-state index in [1.165, 1.54) is 0 Å². The standard InChI is InChI=1S/C19H25N5O2.ClH/c1-2-21-18(25)15-6-3-5-14(11-15)12-22-19(26)17-8-10-24(23-17)16-7-4-9-20-13-16;/h3,5-6,8,10-11,16,20H,2,4,7,9,12-13H2,1H3,(H,21,25)(H,22,26);1H. The summed E-state index contributed by atoms with van der Waals surface area (Å²) in [4.78, 5) is 24.2. The monoisotopic (exact) mass is 391 g/mol. The molecule has 1 aromatic carbocycles. The highest BCUT2D eigenvalue weighted by molar-refractivity contribution is 5.94. The highest BCUT2D eigenvalue weighted by Gasteiger charge is 2.17. The number of rotatable bonds is 6. The Morgan fingerprint density at radius 3 is 2.85 bits per heavy atom. The zero-order valence-corrected chi connectivity index (χ0v) is 16.2. The fourth-order valence-electron chi connectivity index (χ4n) is 3.08. The number of carbonyl (C=O) groups is 2. The molecule has 0 aliphatic carbocycles. The van der Waals surface area contributed by atoms with Crippen molar-refractivity contribution < 1.29 is 9.59 Å². The number of nitrogens with zero attached hydrogens (tertiary/aromatic N) is 2. The normalized spacial score (nSPS) is 16.3. The van der Waals surface area contributed by atoms with Crippen molar-refractivity contribution in [1.82, 2.24) is 25.7 Å². The van der Waals surface area contributed by atoms with Crippen molar-refractivity contribution in [3.8, 4) is 0 Å². The lowest BCUT2D eigenvalue weighted by Gasteiger charge is -2.22. The summed E-state index contributed by atoms with van der Waals surface area (Å²) in [5.74, 6) is -0.323. The van der Waals surface area contributed by atoms with Gasteiger partial charge in [-0.15, -0.1) is 12.4 Å². The summed E-state index contributed by atoms with van der Waals surface area (Å²) in [5, 5.41) is 13.4. The second kappa shape index (κ2) is 10.1. The number of nitrogens with one attached hydrogen (secondary N) is 3. The largest absolute Gasteiger partial charge is 0.352 e. The van der Waals surface area contributed by atoms with Crippen molar-refractivity contribution in [2.45, 2.75) is 32.4 Å². The lowest BCUT2D eigenvalue weighted by molar-refractivity contribution is 0.0942. The maximum absolute atomic E-state index is 12.4. The Hall–Kier alpha value is -2.38. The number of piperidine rings is 1. The van der Waals surface area contributed by atoms with E-state index in [1.54, 1.807) is 18.2 Å². The summed E-state index contributed by atoms with van der Waals surface area (Å²) in [6.45, 7) is 4.74. The molecule has 8 heteroatoms. The third kappa shape index (κ3) is 5.55. The van der Waals surface area contributed by atoms with Crippen LogP contribution in [-0.2, 0) is 6.54 Å². The molecule has 2 heterocycles. The Balaban J connectivity index is 0.00000261. The molecule has 1 aliphatic heterocycles. The molecule has 1 aromatic heterocycles. The van der Waals surface area contributed by atoms with E-state index >= 15 is 0 Å². The van der Waals surface area contributed by atoms with Crippen LogP contribution in [0.25, 0.3) is 0 Å². The van der Waals surface area contributed by atoms with E-state index in [9.17, 15) is 9.59 Å². The molecule has 0 spiro atoms. The molecule has 7 nitrogen and oxygen atoms in total. The quantitative estimate of drug-likeness (QED) is 0.701. The Bertz CT molecular complexity index is 771. The van der Waals surface area contributed by atoms with Crippen molar-refractivity contribution in [3.63, 3.8) is 0 Å². The summed E-state index contributed by atoms with van der Waals surface area (Å²) < 4.78 is 1.87. The average molecular weight is 392 g/mol. The zero-order valence-electron chi connectivity index (χ0n) is 15.4. The van der Waals surface area contributed by atoms with Crippen LogP contribution in [0.4, 0.5) is 0 Å². The molecule has 27 heavy (non-hydrogen) atoms. The van der Waals surface area contributed by atoms with Gasteiger partial charge in [0.15, 0.2) is 0 Å². The molecule has 2 amide bonds. The molecule has 2 aromatic rings. The first kappa shape index (κ1) is 20.9. The number of hydrogen-bond donors (Lipinski definition) is 3. The van der Waals surface area contributed by atoms with Crippen molar-refractivity contribution in [3.05, 3.63) is 53.3 Å². The molecule has 3 rings (SSSR count). The first-order valence-electron chi connectivity index (χ1n) is 9.08. The Morgan fingerprint density at radius 2 is 2.11 bits per heavy atom. The van der Waals surface area contributed by atoms with Gasteiger partial charge in [0.05, 0.1) is 6.04 Å². The van der Waals surface area contributed by atoms with Crippen LogP contribution in [0.15, 0.2) is 36.5 Å². The summed E-state index contributed by atoms with van der Waals surface area (Å²) >= 11 is 0. The summed E-state index contributed by atoms with van der Waals surface area (Å²) in [6.07, 6.45) is 4.05. The van der Waals surface area contributed by atoms with Crippen molar-refractivity contribution >= 4 is 24.2 Å². The molecule has 0 radical (unpaired) electrons. The number of aromatic nitrogens is 2. The molecule has 1 unspecified atom stereocenters. The van der Waals surface area contributed by atoms with Crippen molar-refractivity contribution in [2.24, 2.45) is 0 Å². The van der Waals surface area contributed by atoms with Gasteiger partial charge in [-0.3, -0.25) is 14.3 Å². The van der Waals surface area contributed by atoms with E-state index in [0.717, 1.165) is 31.5 Å². The topological polar surface area (TPSA) is 88.0 Å². The molecule has 3 N–H and O–H groups in total. The van der Waals surface area contributed by atoms with E-state index in [1.807, 2.05) is 29.9 Å². The lowest BCUT2D eigenvalue weighted by atomic mass is 10.1. The second-order valence-electron chi connectivity index (χ2n) is 6.42. The minimum absolute atomic E-state index is 0. The Labute approximate surface area is 165 Å². The van der Waals surface area contributed by atoms with E-state index < -0.39 is 0 Å². The fraction of sp³-hybridized carbons (Fsp3) is 0.421. The molecular weight excluding hydrogens is 366 g/mol. The Kier molecular flexibility index (Phi) is 7.82. The van der Waals surface area contributed by atoms with Crippen LogP contribution < -0.4 is 16.0 Å². The molecule has 1 aliphatic rings. The van der Waals surface area contributed by atoms with Gasteiger partial charge in [-0.05, 0) is 50.1 Å². The number of amides is 2. The predicted octanol–water partition coefficient (Wildman–Crippen LogP) is 1.91. The number of hydrogen-bond acceptors (Lipinski definition) is 4. The van der Waals surface area contributed by atoms with E-state index in [-0.39, 0.29) is 24.2 Å². The molecule has 0 bridgehead atoms. The molecular formula is C19H26ClN5O2. The van der Waals surface area contributed by atoms with Crippen LogP contribution in [0.3, 0.4) is 0 Å². The van der Waals surface area contributed by atoms with Crippen molar-refractivity contribution in [2.75, 3.05) is 19.6 Å². The van der Waals surface area contributed by atoms with Gasteiger partial charge < -0.3 is 16.0 Å². The highest BCUT2D eigenvalue weighted by atomic mass is 35.5. The van der Waals surface area contributed by atoms with Crippen LogP contribution in [0.2, 0.25) is 0 Å². The Morgan fingerprint density at radius 1 is 1.26 bits per heavy atom. The smallest absolute Gasteiger partial charge is 0.272 e. The average Bonchev–Trinajstić information content (AvgIpc) is 3.17. The predicted molar refractivity (Wildman–Crippen MR) is 106 cm³/mol. The van der Waals surface area contributed by atoms with Crippen LogP contribution in [0.1, 0.15) is 52.2 Å². The van der Waals surface area contributed by atoms with E-state index in [0.29, 0.717) is 30.4 Å². The van der Waals surface area contributed by atoms with Gasteiger partial charge in [0.25, 0.3) is 11.8 Å². The summed E-state index contributed by atoms with van der Waals surface area (Å²) in [7, 11) is 0. The van der Waals surface area contributed by atoms with Crippen LogP contribution >= 0.6 is 12.4 Å². The molecule has 146 valence electrons. The zero-order chi connectivity index (χ0) is 18.4. The van der Waals surface area contributed by atoms with E-state index in [4.69, 9.17) is 0 Å². The lowest BCUT2D eigenvalue weighted by Crippen LogP contribution is -2.32. The summed E-state index contributed by atoms with van der Waals surface area (Å²) in [5.41, 5.74) is 1.88. The second-order valence-corrected chi connectivity index (χ2v) is 6.42. The fourth-order valence-corrected chi connectivity index (χ4v) is 3.08. The van der Waals surface area contributed by atoms with E-state index in [2.05, 4.69) is 21.0 Å². The minimum Gasteiger partial charge on any atom is -0.352 e. The third-order valence-electron chi connectivity index (χ3n) is 4.47. The number of halogens is 1. The van der Waals surface area contributed by atoms with Crippen molar-refractivity contribution in [1.29, 1.82) is 0 Å².